The van der Waals surface area contributed by atoms with Crippen LogP contribution in [-0.4, -0.2) is 41.5 Å². The van der Waals surface area contributed by atoms with Gasteiger partial charge in [0.15, 0.2) is 0 Å². The summed E-state index contributed by atoms with van der Waals surface area (Å²) in [4.78, 5) is 23.9. The summed E-state index contributed by atoms with van der Waals surface area (Å²) in [5, 5.41) is 0. The largest absolute Gasteiger partial charge is 0.497 e. The normalized spacial score (nSPS) is 16.5. The number of ether oxygens (including phenoxy) is 2. The summed E-state index contributed by atoms with van der Waals surface area (Å²) >= 11 is 0. The fourth-order valence-electron chi connectivity index (χ4n) is 3.63. The Labute approximate surface area is 157 Å². The smallest absolute Gasteiger partial charge is 0.274 e. The lowest BCUT2D eigenvalue weighted by Gasteiger charge is -2.26. The molecule has 0 spiro atoms. The first-order valence-electron chi connectivity index (χ1n) is 8.96. The van der Waals surface area contributed by atoms with E-state index < -0.39 is 0 Å². The predicted molar refractivity (Wildman–Crippen MR) is 102 cm³/mol. The molecule has 0 N–H and O–H groups in total. The van der Waals surface area contributed by atoms with Crippen molar-refractivity contribution in [1.82, 2.24) is 14.9 Å². The van der Waals surface area contributed by atoms with Crippen molar-refractivity contribution < 1.29 is 14.3 Å². The van der Waals surface area contributed by atoms with Crippen molar-refractivity contribution in [2.24, 2.45) is 0 Å². The monoisotopic (exact) mass is 363 g/mol. The van der Waals surface area contributed by atoms with Crippen LogP contribution >= 0.6 is 0 Å². The Bertz CT molecular complexity index is 989. The first-order valence-corrected chi connectivity index (χ1v) is 8.96. The molecule has 1 saturated heterocycles. The SMILES string of the molecule is COc1ccc([C@@H]2CCCN2C(=O)c2cnc3ccccc3n2)c(OC)c1. The predicted octanol–water partition coefficient (Wildman–Crippen LogP) is 3.62. The molecule has 0 unspecified atom stereocenters. The highest BCUT2D eigenvalue weighted by Crippen LogP contribution is 2.39. The van der Waals surface area contributed by atoms with Crippen LogP contribution in [0.2, 0.25) is 0 Å². The number of methoxy groups -OCH3 is 2. The van der Waals surface area contributed by atoms with Gasteiger partial charge in [-0.25, -0.2) is 4.98 Å². The number of carbonyl (C=O) groups is 1. The summed E-state index contributed by atoms with van der Waals surface area (Å²) in [5.74, 6) is 1.35. The van der Waals surface area contributed by atoms with Gasteiger partial charge < -0.3 is 14.4 Å². The number of likely N-dealkylation sites (tertiary alicyclic amines) is 1. The van der Waals surface area contributed by atoms with Gasteiger partial charge >= 0.3 is 0 Å². The first-order chi connectivity index (χ1) is 13.2. The number of fused-ring (bicyclic) bond motifs is 1. The minimum atomic E-state index is -0.103. The van der Waals surface area contributed by atoms with Gasteiger partial charge in [0.1, 0.15) is 17.2 Å². The zero-order chi connectivity index (χ0) is 18.8. The zero-order valence-electron chi connectivity index (χ0n) is 15.4. The van der Waals surface area contributed by atoms with E-state index in [1.807, 2.05) is 47.4 Å². The summed E-state index contributed by atoms with van der Waals surface area (Å²) in [7, 11) is 3.26. The average molecular weight is 363 g/mol. The molecule has 3 aromatic rings. The Hall–Kier alpha value is -3.15. The molecular weight excluding hydrogens is 342 g/mol. The summed E-state index contributed by atoms with van der Waals surface area (Å²) in [6.45, 7) is 0.688. The van der Waals surface area contributed by atoms with Crippen LogP contribution < -0.4 is 9.47 Å². The molecule has 1 fully saturated rings. The minimum absolute atomic E-state index is 0.0494. The van der Waals surface area contributed by atoms with E-state index in [9.17, 15) is 4.79 Å². The van der Waals surface area contributed by atoms with Gasteiger partial charge in [-0.1, -0.05) is 12.1 Å². The second-order valence-electron chi connectivity index (χ2n) is 6.51. The molecule has 27 heavy (non-hydrogen) atoms. The van der Waals surface area contributed by atoms with Crippen molar-refractivity contribution in [2.45, 2.75) is 18.9 Å². The molecule has 2 aromatic carbocycles. The number of nitrogens with zero attached hydrogens (tertiary/aromatic N) is 3. The second kappa shape index (κ2) is 7.23. The van der Waals surface area contributed by atoms with Gasteiger partial charge in [-0.05, 0) is 37.1 Å². The highest BCUT2D eigenvalue weighted by atomic mass is 16.5. The lowest BCUT2D eigenvalue weighted by atomic mass is 10.0. The summed E-state index contributed by atoms with van der Waals surface area (Å²) in [6, 6.07) is 13.2. The van der Waals surface area contributed by atoms with Gasteiger partial charge in [0.05, 0.1) is 37.5 Å². The lowest BCUT2D eigenvalue weighted by Crippen LogP contribution is -2.31. The van der Waals surface area contributed by atoms with E-state index in [0.717, 1.165) is 40.9 Å². The van der Waals surface area contributed by atoms with Crippen molar-refractivity contribution in [3.8, 4) is 11.5 Å². The quantitative estimate of drug-likeness (QED) is 0.708. The Morgan fingerprint density at radius 1 is 1.11 bits per heavy atom. The van der Waals surface area contributed by atoms with Gasteiger partial charge in [-0.2, -0.15) is 0 Å². The molecule has 4 rings (SSSR count). The van der Waals surface area contributed by atoms with Crippen LogP contribution in [0, 0.1) is 0 Å². The number of hydrogen-bond donors (Lipinski definition) is 0. The van der Waals surface area contributed by atoms with Crippen molar-refractivity contribution in [3.05, 3.63) is 59.9 Å². The van der Waals surface area contributed by atoms with Crippen molar-refractivity contribution in [2.75, 3.05) is 20.8 Å². The Morgan fingerprint density at radius 2 is 1.93 bits per heavy atom. The maximum Gasteiger partial charge on any atom is 0.274 e. The molecule has 138 valence electrons. The molecule has 2 heterocycles. The Morgan fingerprint density at radius 3 is 2.70 bits per heavy atom. The number of amides is 1. The van der Waals surface area contributed by atoms with Gasteiger partial charge in [0, 0.05) is 18.2 Å². The summed E-state index contributed by atoms with van der Waals surface area (Å²) in [6.07, 6.45) is 3.38. The third-order valence-corrected chi connectivity index (χ3v) is 4.98. The molecule has 1 aromatic heterocycles. The van der Waals surface area contributed by atoms with Crippen molar-refractivity contribution in [1.29, 1.82) is 0 Å². The molecule has 6 nitrogen and oxygen atoms in total. The fourth-order valence-corrected chi connectivity index (χ4v) is 3.63. The van der Waals surface area contributed by atoms with E-state index in [1.165, 1.54) is 0 Å². The Balaban J connectivity index is 1.67. The molecule has 0 aliphatic carbocycles. The van der Waals surface area contributed by atoms with Gasteiger partial charge in [-0.3, -0.25) is 9.78 Å². The number of carbonyl (C=O) groups excluding carboxylic acids is 1. The maximum absolute atomic E-state index is 13.2. The maximum atomic E-state index is 13.2. The minimum Gasteiger partial charge on any atom is -0.497 e. The van der Waals surface area contributed by atoms with E-state index in [1.54, 1.807) is 20.4 Å². The molecule has 0 radical (unpaired) electrons. The Kier molecular flexibility index (Phi) is 4.62. The van der Waals surface area contributed by atoms with E-state index in [-0.39, 0.29) is 11.9 Å². The van der Waals surface area contributed by atoms with E-state index >= 15 is 0 Å². The van der Waals surface area contributed by atoms with Gasteiger partial charge in [-0.15, -0.1) is 0 Å². The number of hydrogen-bond acceptors (Lipinski definition) is 5. The average Bonchev–Trinajstić information content (AvgIpc) is 3.21. The van der Waals surface area contributed by atoms with Gasteiger partial charge in [0.2, 0.25) is 0 Å². The molecule has 1 aliphatic rings. The standard InChI is InChI=1S/C21H21N3O3/c1-26-14-9-10-15(20(12-14)27-2)19-8-5-11-24(19)21(25)18-13-22-16-6-3-4-7-17(16)23-18/h3-4,6-7,9-10,12-13,19H,5,8,11H2,1-2H3/t19-/m0/s1. The van der Waals surface area contributed by atoms with Gasteiger partial charge in [0.25, 0.3) is 5.91 Å². The molecule has 1 aliphatic heterocycles. The van der Waals surface area contributed by atoms with Crippen LogP contribution in [-0.2, 0) is 0 Å². The number of rotatable bonds is 4. The number of benzene rings is 2. The summed E-state index contributed by atoms with van der Waals surface area (Å²) in [5.41, 5.74) is 2.86. The second-order valence-corrected chi connectivity index (χ2v) is 6.51. The topological polar surface area (TPSA) is 64.5 Å². The lowest BCUT2D eigenvalue weighted by molar-refractivity contribution is 0.0728. The van der Waals surface area contributed by atoms with Crippen LogP contribution in [0.4, 0.5) is 0 Å². The molecule has 0 bridgehead atoms. The third kappa shape index (κ3) is 3.18. The fraction of sp³-hybridized carbons (Fsp3) is 0.286. The highest BCUT2D eigenvalue weighted by Gasteiger charge is 2.33. The van der Waals surface area contributed by atoms with E-state index in [4.69, 9.17) is 9.47 Å². The zero-order valence-corrected chi connectivity index (χ0v) is 15.4. The highest BCUT2D eigenvalue weighted by molar-refractivity contribution is 5.94. The van der Waals surface area contributed by atoms with E-state index in [2.05, 4.69) is 9.97 Å². The first kappa shape index (κ1) is 17.3. The molecule has 1 atom stereocenters. The van der Waals surface area contributed by atoms with Crippen LogP contribution in [0.5, 0.6) is 11.5 Å². The molecule has 1 amide bonds. The molecule has 0 saturated carbocycles. The number of para-hydroxylation sites is 2. The number of aromatic nitrogens is 2. The van der Waals surface area contributed by atoms with Crippen molar-refractivity contribution >= 4 is 16.9 Å². The van der Waals surface area contributed by atoms with Crippen LogP contribution in [0.25, 0.3) is 11.0 Å². The van der Waals surface area contributed by atoms with Crippen LogP contribution in [0.15, 0.2) is 48.7 Å². The van der Waals surface area contributed by atoms with E-state index in [0.29, 0.717) is 12.2 Å². The van der Waals surface area contributed by atoms with Crippen LogP contribution in [0.3, 0.4) is 0 Å². The van der Waals surface area contributed by atoms with Crippen LogP contribution in [0.1, 0.15) is 34.9 Å². The molecule has 6 heteroatoms. The van der Waals surface area contributed by atoms with Crippen molar-refractivity contribution in [3.63, 3.8) is 0 Å². The summed E-state index contributed by atoms with van der Waals surface area (Å²) < 4.78 is 10.8. The molecular formula is C21H21N3O3. The third-order valence-electron chi connectivity index (χ3n) is 4.98.